The summed E-state index contributed by atoms with van der Waals surface area (Å²) < 4.78 is 26.6. The summed E-state index contributed by atoms with van der Waals surface area (Å²) in [5.74, 6) is -1.96. The number of anilines is 2. The first-order valence-corrected chi connectivity index (χ1v) is 4.90. The van der Waals surface area contributed by atoms with Gasteiger partial charge in [0.2, 0.25) is 5.95 Å². The highest BCUT2D eigenvalue weighted by atomic mass is 35.5. The van der Waals surface area contributed by atoms with Gasteiger partial charge in [0.15, 0.2) is 11.6 Å². The fourth-order valence-corrected chi connectivity index (χ4v) is 1.50. The molecule has 2 rings (SSSR count). The number of nitrogen functional groups attached to an aromatic ring is 2. The van der Waals surface area contributed by atoms with E-state index in [9.17, 15) is 8.78 Å². The van der Waals surface area contributed by atoms with Gasteiger partial charge in [-0.05, 0) is 18.2 Å². The van der Waals surface area contributed by atoms with Gasteiger partial charge < -0.3 is 11.5 Å². The number of rotatable bonds is 1. The lowest BCUT2D eigenvalue weighted by molar-refractivity contribution is 0.622. The Kier molecular flexibility index (Phi) is 2.81. The summed E-state index contributed by atoms with van der Waals surface area (Å²) in [5, 5.41) is -0.141. The van der Waals surface area contributed by atoms with Crippen molar-refractivity contribution in [2.24, 2.45) is 0 Å². The Morgan fingerprint density at radius 3 is 2.47 bits per heavy atom. The number of halogens is 3. The molecule has 7 heteroatoms. The quantitative estimate of drug-likeness (QED) is 0.820. The smallest absolute Gasteiger partial charge is 0.222 e. The van der Waals surface area contributed by atoms with Crippen molar-refractivity contribution in [1.82, 2.24) is 9.97 Å². The third-order valence-electron chi connectivity index (χ3n) is 2.09. The molecule has 0 saturated heterocycles. The number of benzene rings is 1. The van der Waals surface area contributed by atoms with Crippen molar-refractivity contribution in [3.63, 3.8) is 0 Å². The zero-order chi connectivity index (χ0) is 12.6. The van der Waals surface area contributed by atoms with Crippen molar-refractivity contribution < 1.29 is 8.78 Å². The van der Waals surface area contributed by atoms with Crippen LogP contribution in [0.25, 0.3) is 11.3 Å². The molecule has 0 bridgehead atoms. The molecule has 0 fully saturated rings. The molecule has 1 aromatic carbocycles. The van der Waals surface area contributed by atoms with Crippen LogP contribution in [0.5, 0.6) is 0 Å². The molecular weight excluding hydrogens is 250 g/mol. The van der Waals surface area contributed by atoms with Gasteiger partial charge in [0.1, 0.15) is 11.5 Å². The highest BCUT2D eigenvalue weighted by Gasteiger charge is 2.14. The summed E-state index contributed by atoms with van der Waals surface area (Å²) in [6.07, 6.45) is 0. The van der Waals surface area contributed by atoms with Crippen molar-refractivity contribution in [2.75, 3.05) is 11.5 Å². The second kappa shape index (κ2) is 4.14. The predicted molar refractivity (Wildman–Crippen MR) is 61.2 cm³/mol. The standard InChI is InChI=1S/C10H7ClF2N4/c11-5-3-4(1-2-6(5)12)8-7(13)9(14)17-10(15)16-8/h1-3H,(H4,14,15,16,17). The van der Waals surface area contributed by atoms with Gasteiger partial charge in [-0.15, -0.1) is 0 Å². The Labute approximate surface area is 100 Å². The summed E-state index contributed by atoms with van der Waals surface area (Å²) >= 11 is 5.59. The van der Waals surface area contributed by atoms with Crippen LogP contribution >= 0.6 is 11.6 Å². The Morgan fingerprint density at radius 1 is 1.12 bits per heavy atom. The van der Waals surface area contributed by atoms with Gasteiger partial charge in [0.05, 0.1) is 5.02 Å². The van der Waals surface area contributed by atoms with E-state index in [1.165, 1.54) is 12.1 Å². The minimum absolute atomic E-state index is 0.114. The molecule has 4 nitrogen and oxygen atoms in total. The van der Waals surface area contributed by atoms with E-state index in [-0.39, 0.29) is 28.0 Å². The van der Waals surface area contributed by atoms with Crippen LogP contribution in [0.2, 0.25) is 5.02 Å². The lowest BCUT2D eigenvalue weighted by Crippen LogP contribution is -2.05. The average molecular weight is 257 g/mol. The molecule has 0 amide bonds. The molecule has 0 aliphatic heterocycles. The first-order valence-electron chi connectivity index (χ1n) is 4.53. The van der Waals surface area contributed by atoms with Crippen LogP contribution in [0.15, 0.2) is 18.2 Å². The minimum atomic E-state index is -0.818. The maximum Gasteiger partial charge on any atom is 0.222 e. The van der Waals surface area contributed by atoms with E-state index in [4.69, 9.17) is 23.1 Å². The Hall–Kier alpha value is -1.95. The third kappa shape index (κ3) is 2.12. The van der Waals surface area contributed by atoms with Gasteiger partial charge in [0, 0.05) is 5.56 Å². The summed E-state index contributed by atoms with van der Waals surface area (Å²) in [4.78, 5) is 7.17. The minimum Gasteiger partial charge on any atom is -0.381 e. The molecule has 1 heterocycles. The van der Waals surface area contributed by atoms with Gasteiger partial charge in [-0.1, -0.05) is 11.6 Å². The Balaban J connectivity index is 2.64. The average Bonchev–Trinajstić information content (AvgIpc) is 2.27. The molecule has 0 unspecified atom stereocenters. The second-order valence-corrected chi connectivity index (χ2v) is 3.67. The molecule has 88 valence electrons. The molecule has 0 aliphatic carbocycles. The topological polar surface area (TPSA) is 77.8 Å². The van der Waals surface area contributed by atoms with Crippen molar-refractivity contribution in [3.8, 4) is 11.3 Å². The van der Waals surface area contributed by atoms with Crippen molar-refractivity contribution in [2.45, 2.75) is 0 Å². The first kappa shape index (κ1) is 11.5. The molecule has 0 radical (unpaired) electrons. The van der Waals surface area contributed by atoms with E-state index in [1.807, 2.05) is 0 Å². The van der Waals surface area contributed by atoms with Crippen LogP contribution in [-0.2, 0) is 0 Å². The van der Waals surface area contributed by atoms with Crippen molar-refractivity contribution >= 4 is 23.4 Å². The van der Waals surface area contributed by atoms with E-state index in [0.717, 1.165) is 6.07 Å². The highest BCUT2D eigenvalue weighted by molar-refractivity contribution is 6.31. The van der Waals surface area contributed by atoms with E-state index in [2.05, 4.69) is 9.97 Å². The highest BCUT2D eigenvalue weighted by Crippen LogP contribution is 2.27. The number of aromatic nitrogens is 2. The van der Waals surface area contributed by atoms with Crippen LogP contribution in [0.4, 0.5) is 20.5 Å². The number of hydrogen-bond donors (Lipinski definition) is 2. The van der Waals surface area contributed by atoms with E-state index in [1.54, 1.807) is 0 Å². The third-order valence-corrected chi connectivity index (χ3v) is 2.38. The zero-order valence-corrected chi connectivity index (χ0v) is 9.17. The monoisotopic (exact) mass is 256 g/mol. The number of nitrogens with zero attached hydrogens (tertiary/aromatic N) is 2. The van der Waals surface area contributed by atoms with Crippen LogP contribution in [0, 0.1) is 11.6 Å². The molecule has 0 spiro atoms. The van der Waals surface area contributed by atoms with Crippen LogP contribution in [-0.4, -0.2) is 9.97 Å². The molecule has 17 heavy (non-hydrogen) atoms. The molecule has 2 aromatic rings. The van der Waals surface area contributed by atoms with Crippen LogP contribution < -0.4 is 11.5 Å². The lowest BCUT2D eigenvalue weighted by atomic mass is 10.1. The number of nitrogens with two attached hydrogens (primary N) is 2. The summed E-state index contributed by atoms with van der Waals surface area (Å²) in [6.45, 7) is 0. The second-order valence-electron chi connectivity index (χ2n) is 3.26. The lowest BCUT2D eigenvalue weighted by Gasteiger charge is -2.06. The summed E-state index contributed by atoms with van der Waals surface area (Å²) in [5.41, 5.74) is 10.8. The van der Waals surface area contributed by atoms with Crippen molar-refractivity contribution in [3.05, 3.63) is 34.9 Å². The van der Waals surface area contributed by atoms with Gasteiger partial charge in [-0.3, -0.25) is 0 Å². The number of hydrogen-bond acceptors (Lipinski definition) is 4. The van der Waals surface area contributed by atoms with Gasteiger partial charge in [-0.25, -0.2) is 13.8 Å². The summed E-state index contributed by atoms with van der Waals surface area (Å²) in [6, 6.07) is 3.66. The molecule has 0 saturated carbocycles. The molecule has 1 aromatic heterocycles. The fourth-order valence-electron chi connectivity index (χ4n) is 1.32. The molecule has 0 aliphatic rings. The van der Waals surface area contributed by atoms with E-state index < -0.39 is 11.6 Å². The van der Waals surface area contributed by atoms with Gasteiger partial charge >= 0.3 is 0 Å². The normalized spacial score (nSPS) is 10.5. The first-order chi connectivity index (χ1) is 7.99. The molecule has 4 N–H and O–H groups in total. The van der Waals surface area contributed by atoms with Crippen LogP contribution in [0.1, 0.15) is 0 Å². The Bertz CT molecular complexity index is 589. The SMILES string of the molecule is Nc1nc(N)c(F)c(-c2ccc(F)c(Cl)c2)n1. The predicted octanol–water partition coefficient (Wildman–Crippen LogP) is 2.24. The maximum atomic E-state index is 13.7. The zero-order valence-electron chi connectivity index (χ0n) is 8.42. The molecular formula is C10H7ClF2N4. The van der Waals surface area contributed by atoms with Crippen molar-refractivity contribution in [1.29, 1.82) is 0 Å². The Morgan fingerprint density at radius 2 is 1.82 bits per heavy atom. The summed E-state index contributed by atoms with van der Waals surface area (Å²) in [7, 11) is 0. The van der Waals surface area contributed by atoms with Gasteiger partial charge in [0.25, 0.3) is 0 Å². The van der Waals surface area contributed by atoms with Gasteiger partial charge in [-0.2, -0.15) is 4.98 Å². The van der Waals surface area contributed by atoms with Crippen LogP contribution in [0.3, 0.4) is 0 Å². The fraction of sp³-hybridized carbons (Fsp3) is 0. The largest absolute Gasteiger partial charge is 0.381 e. The van der Waals surface area contributed by atoms with E-state index in [0.29, 0.717) is 0 Å². The maximum absolute atomic E-state index is 13.7. The molecule has 0 atom stereocenters. The van der Waals surface area contributed by atoms with E-state index >= 15 is 0 Å².